The summed E-state index contributed by atoms with van der Waals surface area (Å²) in [6.45, 7) is 3.74. The van der Waals surface area contributed by atoms with Crippen molar-refractivity contribution >= 4 is 33.4 Å². The number of carbonyl (C=O) groups excluding carboxylic acids is 2. The summed E-state index contributed by atoms with van der Waals surface area (Å²) in [5.41, 5.74) is 3.02. The lowest BCUT2D eigenvalue weighted by Gasteiger charge is -2.12. The van der Waals surface area contributed by atoms with Crippen LogP contribution in [0.5, 0.6) is 11.5 Å². The van der Waals surface area contributed by atoms with Crippen LogP contribution in [0.15, 0.2) is 34.8 Å². The molecule has 2 N–H and O–H groups in total. The molecule has 0 saturated carbocycles. The zero-order valence-electron chi connectivity index (χ0n) is 15.4. The van der Waals surface area contributed by atoms with E-state index in [1.165, 1.54) is 7.11 Å². The highest BCUT2D eigenvalue weighted by atomic mass is 79.9. The van der Waals surface area contributed by atoms with Gasteiger partial charge in [0, 0.05) is 27.7 Å². The minimum Gasteiger partial charge on any atom is -0.493 e. The Balaban J connectivity index is 1.64. The topological polar surface area (TPSA) is 76.7 Å². The fourth-order valence-electron chi connectivity index (χ4n) is 3.00. The highest BCUT2D eigenvalue weighted by molar-refractivity contribution is 9.10. The second kappa shape index (κ2) is 8.00. The first kappa shape index (κ1) is 19.2. The molecule has 7 heteroatoms. The Morgan fingerprint density at radius 2 is 2.07 bits per heavy atom. The third kappa shape index (κ3) is 4.42. The van der Waals surface area contributed by atoms with Crippen molar-refractivity contribution in [3.8, 4) is 11.5 Å². The summed E-state index contributed by atoms with van der Waals surface area (Å²) in [7, 11) is 1.54. The van der Waals surface area contributed by atoms with E-state index < -0.39 is 0 Å². The van der Waals surface area contributed by atoms with Gasteiger partial charge in [0.1, 0.15) is 6.10 Å². The summed E-state index contributed by atoms with van der Waals surface area (Å²) in [6.07, 6.45) is 0.767. The monoisotopic (exact) mass is 432 g/mol. The number of amides is 2. The van der Waals surface area contributed by atoms with Gasteiger partial charge < -0.3 is 20.1 Å². The number of carbonyl (C=O) groups is 2. The first-order valence-electron chi connectivity index (χ1n) is 8.59. The van der Waals surface area contributed by atoms with E-state index in [2.05, 4.69) is 26.6 Å². The Labute approximate surface area is 166 Å². The van der Waals surface area contributed by atoms with Crippen LogP contribution in [-0.2, 0) is 11.2 Å². The number of fused-ring (bicyclic) bond motifs is 1. The number of hydrogen-bond donors (Lipinski definition) is 2. The van der Waals surface area contributed by atoms with Crippen LogP contribution >= 0.6 is 15.9 Å². The molecule has 0 radical (unpaired) electrons. The normalized spacial score (nSPS) is 14.9. The number of anilines is 1. The van der Waals surface area contributed by atoms with Gasteiger partial charge in [-0.2, -0.15) is 0 Å². The molecule has 0 bridgehead atoms. The summed E-state index contributed by atoms with van der Waals surface area (Å²) in [6, 6.07) is 8.98. The van der Waals surface area contributed by atoms with Crippen molar-refractivity contribution in [3.05, 3.63) is 51.5 Å². The number of benzene rings is 2. The molecule has 2 amide bonds. The molecule has 2 aromatic carbocycles. The van der Waals surface area contributed by atoms with Gasteiger partial charge in [-0.3, -0.25) is 9.59 Å². The first-order valence-corrected chi connectivity index (χ1v) is 9.38. The molecule has 0 aliphatic carbocycles. The average Bonchev–Trinajstić information content (AvgIpc) is 3.01. The fourth-order valence-corrected chi connectivity index (χ4v) is 3.48. The molecular weight excluding hydrogens is 412 g/mol. The molecule has 27 heavy (non-hydrogen) atoms. The lowest BCUT2D eigenvalue weighted by atomic mass is 10.1. The van der Waals surface area contributed by atoms with Crippen LogP contribution in [0.1, 0.15) is 28.4 Å². The maximum absolute atomic E-state index is 12.5. The number of nitrogens with one attached hydrogen (secondary N) is 2. The van der Waals surface area contributed by atoms with Gasteiger partial charge in [0.15, 0.2) is 11.5 Å². The van der Waals surface area contributed by atoms with Gasteiger partial charge in [-0.05, 0) is 49.7 Å². The SMILES string of the molecule is COc1cc(C(=O)NCC(=O)Nc2ccc(Br)cc2C)cc2c1O[C@H](C)C2. The number of halogens is 1. The van der Waals surface area contributed by atoms with Crippen LogP contribution < -0.4 is 20.1 Å². The number of hydrogen-bond acceptors (Lipinski definition) is 4. The van der Waals surface area contributed by atoms with E-state index in [9.17, 15) is 9.59 Å². The minimum atomic E-state index is -0.335. The zero-order chi connectivity index (χ0) is 19.6. The molecule has 1 heterocycles. The van der Waals surface area contributed by atoms with Gasteiger partial charge in [0.2, 0.25) is 5.91 Å². The smallest absolute Gasteiger partial charge is 0.251 e. The molecule has 1 aliphatic heterocycles. The summed E-state index contributed by atoms with van der Waals surface area (Å²) < 4.78 is 12.0. The van der Waals surface area contributed by atoms with Crippen LogP contribution in [0.3, 0.4) is 0 Å². The quantitative estimate of drug-likeness (QED) is 0.758. The molecule has 0 fully saturated rings. The molecule has 3 rings (SSSR count). The average molecular weight is 433 g/mol. The first-order chi connectivity index (χ1) is 12.9. The van der Waals surface area contributed by atoms with E-state index in [0.29, 0.717) is 22.7 Å². The van der Waals surface area contributed by atoms with Gasteiger partial charge >= 0.3 is 0 Å². The maximum Gasteiger partial charge on any atom is 0.251 e. The van der Waals surface area contributed by atoms with Crippen molar-refractivity contribution in [2.45, 2.75) is 26.4 Å². The highest BCUT2D eigenvalue weighted by Gasteiger charge is 2.25. The molecule has 1 atom stereocenters. The van der Waals surface area contributed by atoms with Crippen LogP contribution in [-0.4, -0.2) is 31.6 Å². The minimum absolute atomic E-state index is 0.0483. The fraction of sp³-hybridized carbons (Fsp3) is 0.300. The molecule has 2 aromatic rings. The van der Waals surface area contributed by atoms with E-state index in [1.54, 1.807) is 12.1 Å². The predicted octanol–water partition coefficient (Wildman–Crippen LogP) is 3.46. The molecule has 0 saturated heterocycles. The summed E-state index contributed by atoms with van der Waals surface area (Å²) in [4.78, 5) is 24.6. The third-order valence-corrected chi connectivity index (χ3v) is 4.81. The van der Waals surface area contributed by atoms with E-state index in [-0.39, 0.29) is 24.5 Å². The Hall–Kier alpha value is -2.54. The van der Waals surface area contributed by atoms with Crippen molar-refractivity contribution in [1.29, 1.82) is 0 Å². The van der Waals surface area contributed by atoms with Crippen LogP contribution in [0.4, 0.5) is 5.69 Å². The number of ether oxygens (including phenoxy) is 2. The van der Waals surface area contributed by atoms with Crippen LogP contribution in [0.2, 0.25) is 0 Å². The van der Waals surface area contributed by atoms with E-state index >= 15 is 0 Å². The Morgan fingerprint density at radius 1 is 1.30 bits per heavy atom. The van der Waals surface area contributed by atoms with Gasteiger partial charge in [-0.15, -0.1) is 0 Å². The summed E-state index contributed by atoms with van der Waals surface area (Å²) in [5, 5.41) is 5.44. The largest absolute Gasteiger partial charge is 0.493 e. The number of aryl methyl sites for hydroxylation is 1. The molecule has 0 spiro atoms. The number of rotatable bonds is 5. The standard InChI is InChI=1S/C20H21BrN2O4/c1-11-6-15(21)4-5-16(11)23-18(24)10-22-20(25)14-8-13-7-12(2)27-19(13)17(9-14)26-3/h4-6,8-9,12H,7,10H2,1-3H3,(H,22,25)(H,23,24)/t12-/m1/s1. The number of methoxy groups -OCH3 is 1. The van der Waals surface area contributed by atoms with Gasteiger partial charge in [-0.1, -0.05) is 15.9 Å². The molecule has 6 nitrogen and oxygen atoms in total. The zero-order valence-corrected chi connectivity index (χ0v) is 17.0. The van der Waals surface area contributed by atoms with E-state index in [0.717, 1.165) is 22.0 Å². The summed E-state index contributed by atoms with van der Waals surface area (Å²) in [5.74, 6) is 0.583. The van der Waals surface area contributed by atoms with Crippen molar-refractivity contribution in [2.75, 3.05) is 19.0 Å². The maximum atomic E-state index is 12.5. The lowest BCUT2D eigenvalue weighted by molar-refractivity contribution is -0.115. The van der Waals surface area contributed by atoms with Gasteiger partial charge in [0.05, 0.1) is 13.7 Å². The Morgan fingerprint density at radius 3 is 2.78 bits per heavy atom. The molecule has 1 aliphatic rings. The predicted molar refractivity (Wildman–Crippen MR) is 107 cm³/mol. The van der Waals surface area contributed by atoms with Crippen molar-refractivity contribution in [2.24, 2.45) is 0 Å². The Kier molecular flexibility index (Phi) is 5.70. The second-order valence-corrected chi connectivity index (χ2v) is 7.41. The van der Waals surface area contributed by atoms with Gasteiger partial charge in [-0.25, -0.2) is 0 Å². The molecule has 0 unspecified atom stereocenters. The molecular formula is C20H21BrN2O4. The third-order valence-electron chi connectivity index (χ3n) is 4.31. The molecule has 142 valence electrons. The van der Waals surface area contributed by atoms with Crippen molar-refractivity contribution in [1.82, 2.24) is 5.32 Å². The van der Waals surface area contributed by atoms with Gasteiger partial charge in [0.25, 0.3) is 5.91 Å². The van der Waals surface area contributed by atoms with Crippen LogP contribution in [0, 0.1) is 6.92 Å². The Bertz CT molecular complexity index is 898. The van der Waals surface area contributed by atoms with E-state index in [4.69, 9.17) is 9.47 Å². The highest BCUT2D eigenvalue weighted by Crippen LogP contribution is 2.38. The second-order valence-electron chi connectivity index (χ2n) is 6.49. The van der Waals surface area contributed by atoms with Crippen molar-refractivity contribution in [3.63, 3.8) is 0 Å². The van der Waals surface area contributed by atoms with E-state index in [1.807, 2.05) is 32.0 Å². The van der Waals surface area contributed by atoms with Crippen molar-refractivity contribution < 1.29 is 19.1 Å². The lowest BCUT2D eigenvalue weighted by Crippen LogP contribution is -2.33. The molecule has 0 aromatic heterocycles. The summed E-state index contributed by atoms with van der Waals surface area (Å²) >= 11 is 3.39. The van der Waals surface area contributed by atoms with Crippen LogP contribution in [0.25, 0.3) is 0 Å².